The summed E-state index contributed by atoms with van der Waals surface area (Å²) in [4.78, 5) is 28.7. The van der Waals surface area contributed by atoms with Crippen LogP contribution in [0.25, 0.3) is 0 Å². The van der Waals surface area contributed by atoms with E-state index in [0.717, 1.165) is 24.2 Å². The van der Waals surface area contributed by atoms with Gasteiger partial charge in [-0.05, 0) is 35.1 Å². The van der Waals surface area contributed by atoms with Gasteiger partial charge in [0.1, 0.15) is 0 Å². The van der Waals surface area contributed by atoms with E-state index >= 15 is 0 Å². The molecule has 142 valence electrons. The molecule has 0 aromatic heterocycles. The number of amides is 2. The number of hydrogen-bond acceptors (Lipinski definition) is 2. The monoisotopic (exact) mass is 364 g/mol. The molecule has 2 aromatic carbocycles. The van der Waals surface area contributed by atoms with E-state index in [4.69, 9.17) is 0 Å². The lowest BCUT2D eigenvalue weighted by Gasteiger charge is -2.30. The Morgan fingerprint density at radius 2 is 1.70 bits per heavy atom. The Morgan fingerprint density at radius 1 is 1.04 bits per heavy atom. The highest BCUT2D eigenvalue weighted by Gasteiger charge is 2.22. The smallest absolute Gasteiger partial charge is 0.224 e. The maximum atomic E-state index is 12.8. The van der Waals surface area contributed by atoms with Crippen LogP contribution in [0.4, 0.5) is 5.69 Å². The van der Waals surface area contributed by atoms with Crippen LogP contribution in [0.2, 0.25) is 0 Å². The van der Waals surface area contributed by atoms with Crippen LogP contribution in [-0.4, -0.2) is 29.8 Å². The van der Waals surface area contributed by atoms with Gasteiger partial charge in [-0.25, -0.2) is 0 Å². The molecule has 0 spiro atoms. The summed E-state index contributed by atoms with van der Waals surface area (Å²) < 4.78 is 0. The molecule has 0 fully saturated rings. The van der Waals surface area contributed by atoms with E-state index in [1.54, 1.807) is 11.8 Å². The SMILES string of the molecule is CC(=O)N(CCC(=O)N1CCc2ccccc2C1)c1ccccc1C(C)C. The van der Waals surface area contributed by atoms with E-state index in [-0.39, 0.29) is 11.8 Å². The summed E-state index contributed by atoms with van der Waals surface area (Å²) >= 11 is 0. The van der Waals surface area contributed by atoms with E-state index in [1.807, 2.05) is 35.2 Å². The van der Waals surface area contributed by atoms with E-state index < -0.39 is 0 Å². The van der Waals surface area contributed by atoms with Gasteiger partial charge in [-0.2, -0.15) is 0 Å². The molecule has 3 rings (SSSR count). The van der Waals surface area contributed by atoms with Crippen molar-refractivity contribution in [2.75, 3.05) is 18.0 Å². The molecule has 4 heteroatoms. The predicted octanol–water partition coefficient (Wildman–Crippen LogP) is 4.14. The van der Waals surface area contributed by atoms with E-state index in [2.05, 4.69) is 32.0 Å². The Bertz CT molecular complexity index is 829. The lowest BCUT2D eigenvalue weighted by atomic mass is 9.99. The van der Waals surface area contributed by atoms with Gasteiger partial charge in [0, 0.05) is 38.7 Å². The van der Waals surface area contributed by atoms with E-state index in [0.29, 0.717) is 25.4 Å². The van der Waals surface area contributed by atoms with E-state index in [9.17, 15) is 9.59 Å². The van der Waals surface area contributed by atoms with Crippen molar-refractivity contribution >= 4 is 17.5 Å². The molecule has 0 radical (unpaired) electrons. The van der Waals surface area contributed by atoms with Crippen LogP contribution in [0.5, 0.6) is 0 Å². The normalized spacial score (nSPS) is 13.4. The van der Waals surface area contributed by atoms with Crippen LogP contribution in [0.1, 0.15) is 49.8 Å². The number of hydrogen-bond donors (Lipinski definition) is 0. The Kier molecular flexibility index (Phi) is 5.94. The standard InChI is InChI=1S/C23H28N2O2/c1-17(2)21-10-6-7-11-22(21)25(18(3)26)15-13-23(27)24-14-12-19-8-4-5-9-20(19)16-24/h4-11,17H,12-16H2,1-3H3. The fourth-order valence-electron chi connectivity index (χ4n) is 3.74. The molecule has 0 aliphatic carbocycles. The quantitative estimate of drug-likeness (QED) is 0.800. The van der Waals surface area contributed by atoms with Gasteiger partial charge < -0.3 is 9.80 Å². The van der Waals surface area contributed by atoms with Crippen molar-refractivity contribution in [1.82, 2.24) is 4.90 Å². The molecule has 1 aliphatic heterocycles. The van der Waals surface area contributed by atoms with Gasteiger partial charge in [0.15, 0.2) is 0 Å². The zero-order valence-corrected chi connectivity index (χ0v) is 16.4. The molecule has 0 unspecified atom stereocenters. The highest BCUT2D eigenvalue weighted by Crippen LogP contribution is 2.28. The number of carbonyl (C=O) groups excluding carboxylic acids is 2. The summed E-state index contributed by atoms with van der Waals surface area (Å²) in [6, 6.07) is 16.3. The predicted molar refractivity (Wildman–Crippen MR) is 109 cm³/mol. The van der Waals surface area contributed by atoms with Crippen molar-refractivity contribution in [2.45, 2.75) is 46.1 Å². The van der Waals surface area contributed by atoms with Crippen molar-refractivity contribution in [3.8, 4) is 0 Å². The second kappa shape index (κ2) is 8.38. The number of anilines is 1. The largest absolute Gasteiger partial charge is 0.338 e. The molecule has 4 nitrogen and oxygen atoms in total. The van der Waals surface area contributed by atoms with Gasteiger partial charge in [-0.15, -0.1) is 0 Å². The Labute approximate surface area is 161 Å². The molecule has 2 amide bonds. The van der Waals surface area contributed by atoms with Gasteiger partial charge in [0.05, 0.1) is 0 Å². The molecular weight excluding hydrogens is 336 g/mol. The third kappa shape index (κ3) is 4.38. The van der Waals surface area contributed by atoms with Crippen LogP contribution in [0.15, 0.2) is 48.5 Å². The maximum Gasteiger partial charge on any atom is 0.224 e. The van der Waals surface area contributed by atoms with Crippen molar-refractivity contribution in [2.24, 2.45) is 0 Å². The molecule has 1 aliphatic rings. The molecule has 0 N–H and O–H groups in total. The molecule has 1 heterocycles. The second-order valence-corrected chi connectivity index (χ2v) is 7.47. The third-order valence-electron chi connectivity index (χ3n) is 5.26. The van der Waals surface area contributed by atoms with Gasteiger partial charge in [0.25, 0.3) is 0 Å². The lowest BCUT2D eigenvalue weighted by molar-refractivity contribution is -0.131. The third-order valence-corrected chi connectivity index (χ3v) is 5.26. The fourth-order valence-corrected chi connectivity index (χ4v) is 3.74. The number of fused-ring (bicyclic) bond motifs is 1. The van der Waals surface area contributed by atoms with Crippen LogP contribution < -0.4 is 4.90 Å². The minimum Gasteiger partial charge on any atom is -0.338 e. The maximum absolute atomic E-state index is 12.8. The first-order valence-electron chi connectivity index (χ1n) is 9.69. The molecule has 0 saturated carbocycles. The summed E-state index contributed by atoms with van der Waals surface area (Å²) in [6.45, 7) is 7.63. The summed E-state index contributed by atoms with van der Waals surface area (Å²) in [7, 11) is 0. The Balaban J connectivity index is 1.69. The number of rotatable bonds is 5. The number of carbonyl (C=O) groups is 2. The van der Waals surface area contributed by atoms with Gasteiger partial charge >= 0.3 is 0 Å². The molecule has 2 aromatic rings. The molecule has 0 saturated heterocycles. The van der Waals surface area contributed by atoms with Crippen LogP contribution in [0.3, 0.4) is 0 Å². The van der Waals surface area contributed by atoms with Gasteiger partial charge in [-0.1, -0.05) is 56.3 Å². The van der Waals surface area contributed by atoms with Crippen LogP contribution in [-0.2, 0) is 22.6 Å². The highest BCUT2D eigenvalue weighted by molar-refractivity contribution is 5.93. The molecule has 27 heavy (non-hydrogen) atoms. The van der Waals surface area contributed by atoms with Crippen molar-refractivity contribution < 1.29 is 9.59 Å². The Morgan fingerprint density at radius 3 is 2.41 bits per heavy atom. The second-order valence-electron chi connectivity index (χ2n) is 7.47. The summed E-state index contributed by atoms with van der Waals surface area (Å²) in [5.74, 6) is 0.398. The number of nitrogens with zero attached hydrogens (tertiary/aromatic N) is 2. The van der Waals surface area contributed by atoms with Gasteiger partial charge in [-0.3, -0.25) is 9.59 Å². The first-order chi connectivity index (χ1) is 13.0. The van der Waals surface area contributed by atoms with Crippen LogP contribution >= 0.6 is 0 Å². The summed E-state index contributed by atoms with van der Waals surface area (Å²) in [5.41, 5.74) is 4.60. The first kappa shape index (κ1) is 19.2. The minimum absolute atomic E-state index is 0.0279. The van der Waals surface area contributed by atoms with Gasteiger partial charge in [0.2, 0.25) is 11.8 Å². The Hall–Kier alpha value is -2.62. The lowest BCUT2D eigenvalue weighted by Crippen LogP contribution is -2.39. The van der Waals surface area contributed by atoms with Crippen molar-refractivity contribution in [3.63, 3.8) is 0 Å². The van der Waals surface area contributed by atoms with Crippen molar-refractivity contribution in [1.29, 1.82) is 0 Å². The average Bonchev–Trinajstić information content (AvgIpc) is 2.67. The first-order valence-corrected chi connectivity index (χ1v) is 9.69. The zero-order valence-electron chi connectivity index (χ0n) is 16.4. The highest BCUT2D eigenvalue weighted by atomic mass is 16.2. The van der Waals surface area contributed by atoms with Crippen LogP contribution in [0, 0.1) is 0 Å². The fraction of sp³-hybridized carbons (Fsp3) is 0.391. The molecule has 0 atom stereocenters. The average molecular weight is 364 g/mol. The number of benzene rings is 2. The minimum atomic E-state index is -0.0279. The molecule has 0 bridgehead atoms. The number of para-hydroxylation sites is 1. The van der Waals surface area contributed by atoms with Crippen molar-refractivity contribution in [3.05, 3.63) is 65.2 Å². The topological polar surface area (TPSA) is 40.6 Å². The summed E-state index contributed by atoms with van der Waals surface area (Å²) in [6.07, 6.45) is 1.24. The summed E-state index contributed by atoms with van der Waals surface area (Å²) in [5, 5.41) is 0. The van der Waals surface area contributed by atoms with E-state index in [1.165, 1.54) is 11.1 Å². The molecular formula is C23H28N2O2. The zero-order chi connectivity index (χ0) is 19.4.